The monoisotopic (exact) mass is 761 g/mol. The Morgan fingerprint density at radius 1 is 0.692 bits per heavy atom. The molecule has 0 spiro atoms. The van der Waals surface area contributed by atoms with E-state index in [-0.39, 0.29) is 17.0 Å². The summed E-state index contributed by atoms with van der Waals surface area (Å²) in [5, 5.41) is 1.22. The molecule has 0 aliphatic carbocycles. The molecule has 286 valence electrons. The minimum absolute atomic E-state index is 0.0559. The van der Waals surface area contributed by atoms with Crippen molar-refractivity contribution in [2.75, 3.05) is 88.7 Å². The van der Waals surface area contributed by atoms with E-state index < -0.39 is 25.0 Å². The lowest BCUT2D eigenvalue weighted by molar-refractivity contribution is 0.0142. The first-order valence-electron chi connectivity index (χ1n) is 17.9. The molecule has 4 aromatic rings. The number of anilines is 2. The molecule has 52 heavy (non-hydrogen) atoms. The third kappa shape index (κ3) is 10.6. The van der Waals surface area contributed by atoms with Gasteiger partial charge in [0, 0.05) is 68.4 Å². The number of benzene rings is 3. The van der Waals surface area contributed by atoms with Crippen LogP contribution < -0.4 is 20.3 Å². The molecule has 4 N–H and O–H groups in total. The van der Waals surface area contributed by atoms with Crippen molar-refractivity contribution in [1.29, 1.82) is 0 Å². The summed E-state index contributed by atoms with van der Waals surface area (Å²) in [5.74, 6) is 0. The van der Waals surface area contributed by atoms with E-state index in [4.69, 9.17) is 24.4 Å². The molecule has 0 bridgehead atoms. The average Bonchev–Trinajstić information content (AvgIpc) is 3.13. The van der Waals surface area contributed by atoms with Gasteiger partial charge in [-0.2, -0.15) is 8.42 Å². The molecule has 1 heterocycles. The highest BCUT2D eigenvalue weighted by molar-refractivity contribution is 7.89. The maximum Gasteiger partial charge on any atom is 0.363 e. The van der Waals surface area contributed by atoms with Gasteiger partial charge in [-0.15, -0.1) is 0 Å². The highest BCUT2D eigenvalue weighted by Gasteiger charge is 2.28. The van der Waals surface area contributed by atoms with Crippen molar-refractivity contribution in [2.45, 2.75) is 50.3 Å². The van der Waals surface area contributed by atoms with E-state index >= 15 is 0 Å². The first-order chi connectivity index (χ1) is 25.0. The molecular formula is C37H53N4O9S2+. The van der Waals surface area contributed by atoms with Gasteiger partial charge in [-0.05, 0) is 83.5 Å². The van der Waals surface area contributed by atoms with Crippen LogP contribution in [0.15, 0.2) is 68.8 Å². The summed E-state index contributed by atoms with van der Waals surface area (Å²) in [5.41, 5.74) is 8.98. The lowest BCUT2D eigenvalue weighted by Gasteiger charge is -2.21. The molecule has 15 heteroatoms. The van der Waals surface area contributed by atoms with Crippen LogP contribution in [0.3, 0.4) is 0 Å². The molecule has 0 aliphatic heterocycles. The molecule has 3 aromatic carbocycles. The zero-order chi connectivity index (χ0) is 37.7. The lowest BCUT2D eigenvalue weighted by Crippen LogP contribution is -2.26. The van der Waals surface area contributed by atoms with Crippen LogP contribution in [0.4, 0.5) is 11.4 Å². The molecule has 0 saturated heterocycles. The van der Waals surface area contributed by atoms with Crippen LogP contribution in [-0.4, -0.2) is 100 Å². The van der Waals surface area contributed by atoms with Gasteiger partial charge in [0.15, 0.2) is 0 Å². The van der Waals surface area contributed by atoms with Crippen molar-refractivity contribution in [3.63, 3.8) is 0 Å². The highest BCUT2D eigenvalue weighted by Crippen LogP contribution is 2.42. The van der Waals surface area contributed by atoms with Crippen LogP contribution in [0.5, 0.6) is 0 Å². The molecular weight excluding hydrogens is 709 g/mol. The Bertz CT molecular complexity index is 1910. The number of fused-ring (bicyclic) bond motifs is 2. The number of hydrogen-bond donors (Lipinski definition) is 3. The molecule has 0 unspecified atom stereocenters. The second-order valence-corrected chi connectivity index (χ2v) is 15.2. The van der Waals surface area contributed by atoms with Gasteiger partial charge in [-0.1, -0.05) is 6.07 Å². The van der Waals surface area contributed by atoms with Crippen LogP contribution in [0.2, 0.25) is 0 Å². The van der Waals surface area contributed by atoms with Crippen molar-refractivity contribution in [1.82, 2.24) is 4.72 Å². The summed E-state index contributed by atoms with van der Waals surface area (Å²) in [6, 6.07) is 15.2. The summed E-state index contributed by atoms with van der Waals surface area (Å²) in [6.45, 7) is 14.5. The minimum atomic E-state index is -4.89. The standard InChI is InChI=1S/C37H52N4O9S2/c1-5-40(6-2)28-11-14-31-34(25-28)50-35-26-29(41(7-3)8-4)12-15-32(35)37(31)33-16-13-30(27-36(33)52(44,45)46)51(42,43)39-18-10-20-48-22-24-49-23-21-47-19-9-17-38/h11-16,25-27,39H,5-10,17-24,38H2,1-4H3/p+1. The predicted octanol–water partition coefficient (Wildman–Crippen LogP) is 5.54. The summed E-state index contributed by atoms with van der Waals surface area (Å²) in [4.78, 5) is 3.52. The molecule has 0 aliphatic rings. The van der Waals surface area contributed by atoms with Gasteiger partial charge in [-0.25, -0.2) is 17.6 Å². The fourth-order valence-electron chi connectivity index (χ4n) is 6.01. The normalized spacial score (nSPS) is 12.2. The number of hydrogen-bond acceptors (Lipinski definition) is 10. The van der Waals surface area contributed by atoms with E-state index in [0.29, 0.717) is 80.1 Å². The predicted molar refractivity (Wildman–Crippen MR) is 206 cm³/mol. The van der Waals surface area contributed by atoms with E-state index in [1.54, 1.807) is 0 Å². The number of nitrogens with zero attached hydrogens (tertiary/aromatic N) is 2. The summed E-state index contributed by atoms with van der Waals surface area (Å²) in [6.07, 6.45) is 1.18. The molecule has 1 aromatic heterocycles. The van der Waals surface area contributed by atoms with Gasteiger partial charge in [0.1, 0.15) is 4.90 Å². The van der Waals surface area contributed by atoms with E-state index in [1.165, 1.54) is 12.1 Å². The Balaban J connectivity index is 1.61. The van der Waals surface area contributed by atoms with Gasteiger partial charge in [0.2, 0.25) is 10.0 Å². The van der Waals surface area contributed by atoms with Crippen molar-refractivity contribution in [2.24, 2.45) is 5.73 Å². The number of nitrogens with two attached hydrogens (primary N) is 1. The zero-order valence-corrected chi connectivity index (χ0v) is 32.2. The van der Waals surface area contributed by atoms with Gasteiger partial charge < -0.3 is 29.7 Å². The average molecular weight is 762 g/mol. The Morgan fingerprint density at radius 3 is 1.67 bits per heavy atom. The third-order valence-electron chi connectivity index (χ3n) is 8.75. The molecule has 0 amide bonds. The maximum atomic E-state index is 13.3. The second-order valence-electron chi connectivity index (χ2n) is 12.0. The molecule has 0 fully saturated rings. The third-order valence-corrected chi connectivity index (χ3v) is 11.1. The van der Waals surface area contributed by atoms with E-state index in [9.17, 15) is 21.4 Å². The van der Waals surface area contributed by atoms with Crippen LogP contribution in [-0.2, 0) is 34.4 Å². The minimum Gasteiger partial charge on any atom is -0.379 e. The smallest absolute Gasteiger partial charge is 0.363 e. The van der Waals surface area contributed by atoms with E-state index in [1.807, 2.05) is 36.4 Å². The Labute approximate surface area is 307 Å². The number of rotatable bonds is 23. The second kappa shape index (κ2) is 19.6. The van der Waals surface area contributed by atoms with E-state index in [2.05, 4.69) is 42.2 Å². The van der Waals surface area contributed by atoms with Gasteiger partial charge in [-0.3, -0.25) is 4.55 Å². The molecule has 4 rings (SSSR count). The zero-order valence-electron chi connectivity index (χ0n) is 30.6. The molecule has 0 saturated carbocycles. The molecule has 0 atom stereocenters. The summed E-state index contributed by atoms with van der Waals surface area (Å²) < 4.78 is 88.4. The fourth-order valence-corrected chi connectivity index (χ4v) is 7.91. The van der Waals surface area contributed by atoms with Gasteiger partial charge >= 0.3 is 11.2 Å². The fraction of sp³-hybridized carbons (Fsp3) is 0.486. The Kier molecular flexibility index (Phi) is 15.6. The summed E-state index contributed by atoms with van der Waals surface area (Å²) >= 11 is 0. The van der Waals surface area contributed by atoms with Crippen molar-refractivity contribution < 1.29 is 40.0 Å². The quantitative estimate of drug-likeness (QED) is 0.0374. The maximum absolute atomic E-state index is 13.3. The summed E-state index contributed by atoms with van der Waals surface area (Å²) in [7, 11) is -9.03. The van der Waals surface area contributed by atoms with Crippen molar-refractivity contribution in [3.05, 3.63) is 54.6 Å². The first kappa shape index (κ1) is 41.3. The topological polar surface area (TPSA) is 172 Å². The van der Waals surface area contributed by atoms with E-state index in [0.717, 1.165) is 50.0 Å². The Morgan fingerprint density at radius 2 is 1.19 bits per heavy atom. The van der Waals surface area contributed by atoms with Crippen LogP contribution in [0.1, 0.15) is 40.5 Å². The van der Waals surface area contributed by atoms with Crippen molar-refractivity contribution >= 4 is 53.5 Å². The first-order valence-corrected chi connectivity index (χ1v) is 20.8. The van der Waals surface area contributed by atoms with Crippen LogP contribution >= 0.6 is 0 Å². The van der Waals surface area contributed by atoms with Crippen LogP contribution in [0.25, 0.3) is 33.1 Å². The molecule has 0 radical (unpaired) electrons. The number of nitrogens with one attached hydrogen (secondary N) is 1. The van der Waals surface area contributed by atoms with Crippen molar-refractivity contribution in [3.8, 4) is 11.1 Å². The Hall–Kier alpha value is -3.41. The van der Waals surface area contributed by atoms with Crippen LogP contribution in [0, 0.1) is 0 Å². The highest BCUT2D eigenvalue weighted by atomic mass is 32.2. The lowest BCUT2D eigenvalue weighted by atomic mass is 9.96. The SMILES string of the molecule is CCN(CC)c1ccc2c(-c3ccc(S(=O)(=O)NCCCOCCOCCOCCCN)cc3S(=O)(=O)O)c3ccc(N(CC)CC)cc3[o+]c2c1. The molecule has 13 nitrogen and oxygen atoms in total. The number of ether oxygens (including phenoxy) is 3. The largest absolute Gasteiger partial charge is 0.379 e. The number of sulfonamides is 1. The van der Waals surface area contributed by atoms with Gasteiger partial charge in [0.05, 0.1) is 54.2 Å². The van der Waals surface area contributed by atoms with Gasteiger partial charge in [0.25, 0.3) is 10.1 Å².